The van der Waals surface area contributed by atoms with Gasteiger partial charge in [0.25, 0.3) is 0 Å². The quantitative estimate of drug-likeness (QED) is 0.649. The molecule has 0 saturated heterocycles. The standard InChI is InChI=1S/C21H25N3O4/c1-4-23-17-7-5-6-8-18(17)24(21(23)26)12-11-20(25)22-14-15-9-10-16(27-2)13-19(15)28-3/h5-10,13H,4,11-12,14H2,1-3H3,(H,22,25). The summed E-state index contributed by atoms with van der Waals surface area (Å²) < 4.78 is 13.9. The number of para-hydroxylation sites is 2. The first-order chi connectivity index (χ1) is 13.6. The first-order valence-corrected chi connectivity index (χ1v) is 9.24. The zero-order chi connectivity index (χ0) is 20.1. The van der Waals surface area contributed by atoms with Crippen molar-refractivity contribution >= 4 is 16.9 Å². The number of aromatic nitrogens is 2. The summed E-state index contributed by atoms with van der Waals surface area (Å²) in [7, 11) is 3.17. The van der Waals surface area contributed by atoms with Crippen molar-refractivity contribution in [1.82, 2.24) is 14.5 Å². The summed E-state index contributed by atoms with van der Waals surface area (Å²) in [5, 5.41) is 2.89. The Morgan fingerprint density at radius 2 is 1.75 bits per heavy atom. The van der Waals surface area contributed by atoms with Gasteiger partial charge in [-0.3, -0.25) is 13.9 Å². The molecule has 0 aliphatic carbocycles. The third kappa shape index (κ3) is 3.88. The number of fused-ring (bicyclic) bond motifs is 1. The fourth-order valence-corrected chi connectivity index (χ4v) is 3.29. The highest BCUT2D eigenvalue weighted by atomic mass is 16.5. The molecule has 0 unspecified atom stereocenters. The molecule has 0 atom stereocenters. The van der Waals surface area contributed by atoms with Crippen LogP contribution >= 0.6 is 0 Å². The Hall–Kier alpha value is -3.22. The van der Waals surface area contributed by atoms with Crippen LogP contribution in [-0.2, 0) is 24.4 Å². The molecule has 1 heterocycles. The van der Waals surface area contributed by atoms with Gasteiger partial charge in [-0.05, 0) is 31.2 Å². The monoisotopic (exact) mass is 383 g/mol. The van der Waals surface area contributed by atoms with Crippen molar-refractivity contribution in [3.63, 3.8) is 0 Å². The molecular weight excluding hydrogens is 358 g/mol. The van der Waals surface area contributed by atoms with Crippen LogP contribution in [0.15, 0.2) is 47.3 Å². The number of aryl methyl sites for hydroxylation is 2. The van der Waals surface area contributed by atoms with Crippen LogP contribution in [0.25, 0.3) is 11.0 Å². The van der Waals surface area contributed by atoms with Gasteiger partial charge in [-0.15, -0.1) is 0 Å². The van der Waals surface area contributed by atoms with Crippen molar-refractivity contribution in [3.8, 4) is 11.5 Å². The molecule has 7 nitrogen and oxygen atoms in total. The van der Waals surface area contributed by atoms with Crippen molar-refractivity contribution in [2.24, 2.45) is 0 Å². The van der Waals surface area contributed by atoms with Gasteiger partial charge in [0.15, 0.2) is 0 Å². The molecule has 0 aliphatic rings. The number of nitrogens with zero attached hydrogens (tertiary/aromatic N) is 2. The Kier molecular flexibility index (Phi) is 6.03. The normalized spacial score (nSPS) is 10.8. The summed E-state index contributed by atoms with van der Waals surface area (Å²) in [4.78, 5) is 25.0. The van der Waals surface area contributed by atoms with Crippen molar-refractivity contribution in [1.29, 1.82) is 0 Å². The van der Waals surface area contributed by atoms with Crippen molar-refractivity contribution in [3.05, 3.63) is 58.5 Å². The lowest BCUT2D eigenvalue weighted by Crippen LogP contribution is -2.28. The highest BCUT2D eigenvalue weighted by Crippen LogP contribution is 2.24. The Labute approximate surface area is 163 Å². The number of methoxy groups -OCH3 is 2. The van der Waals surface area contributed by atoms with Crippen LogP contribution in [-0.4, -0.2) is 29.3 Å². The van der Waals surface area contributed by atoms with Gasteiger partial charge < -0.3 is 14.8 Å². The van der Waals surface area contributed by atoms with E-state index in [1.165, 1.54) is 0 Å². The number of benzene rings is 2. The summed E-state index contributed by atoms with van der Waals surface area (Å²) in [6, 6.07) is 13.1. The van der Waals surface area contributed by atoms with Gasteiger partial charge >= 0.3 is 5.69 Å². The lowest BCUT2D eigenvalue weighted by atomic mass is 10.2. The molecule has 0 bridgehead atoms. The molecule has 0 spiro atoms. The van der Waals surface area contributed by atoms with Gasteiger partial charge in [-0.2, -0.15) is 0 Å². The number of imidazole rings is 1. The number of rotatable bonds is 8. The number of carbonyl (C=O) groups excluding carboxylic acids is 1. The van der Waals surface area contributed by atoms with Gasteiger partial charge in [0.1, 0.15) is 11.5 Å². The molecule has 2 aromatic carbocycles. The highest BCUT2D eigenvalue weighted by molar-refractivity contribution is 5.78. The second-order valence-corrected chi connectivity index (χ2v) is 6.37. The Balaban J connectivity index is 1.67. The largest absolute Gasteiger partial charge is 0.497 e. The molecule has 28 heavy (non-hydrogen) atoms. The number of ether oxygens (including phenoxy) is 2. The van der Waals surface area contributed by atoms with E-state index >= 15 is 0 Å². The van der Waals surface area contributed by atoms with E-state index in [1.807, 2.05) is 43.3 Å². The number of nitrogens with one attached hydrogen (secondary N) is 1. The maximum absolute atomic E-state index is 12.6. The van der Waals surface area contributed by atoms with E-state index in [2.05, 4.69) is 5.32 Å². The molecule has 3 aromatic rings. The second-order valence-electron chi connectivity index (χ2n) is 6.37. The third-order valence-electron chi connectivity index (χ3n) is 4.77. The number of hydrogen-bond donors (Lipinski definition) is 1. The molecule has 7 heteroatoms. The highest BCUT2D eigenvalue weighted by Gasteiger charge is 2.13. The summed E-state index contributed by atoms with van der Waals surface area (Å²) in [6.07, 6.45) is 0.218. The van der Waals surface area contributed by atoms with E-state index < -0.39 is 0 Å². The van der Waals surface area contributed by atoms with Crippen LogP contribution < -0.4 is 20.5 Å². The van der Waals surface area contributed by atoms with Crippen LogP contribution in [0, 0.1) is 0 Å². The topological polar surface area (TPSA) is 74.5 Å². The lowest BCUT2D eigenvalue weighted by Gasteiger charge is -2.11. The number of amides is 1. The number of carbonyl (C=O) groups is 1. The molecule has 0 radical (unpaired) electrons. The summed E-state index contributed by atoms with van der Waals surface area (Å²) in [6.45, 7) is 3.21. The summed E-state index contributed by atoms with van der Waals surface area (Å²) in [5.41, 5.74) is 2.50. The predicted octanol–water partition coefficient (Wildman–Crippen LogP) is 2.55. The Morgan fingerprint density at radius 1 is 1.04 bits per heavy atom. The van der Waals surface area contributed by atoms with Crippen LogP contribution in [0.5, 0.6) is 11.5 Å². The molecule has 0 fully saturated rings. The fourth-order valence-electron chi connectivity index (χ4n) is 3.29. The minimum absolute atomic E-state index is 0.0895. The Bertz CT molecular complexity index is 1040. The molecule has 0 aliphatic heterocycles. The average molecular weight is 383 g/mol. The van der Waals surface area contributed by atoms with E-state index in [0.717, 1.165) is 16.6 Å². The third-order valence-corrected chi connectivity index (χ3v) is 4.77. The van der Waals surface area contributed by atoms with Crippen LogP contribution in [0.4, 0.5) is 0 Å². The lowest BCUT2D eigenvalue weighted by molar-refractivity contribution is -0.121. The van der Waals surface area contributed by atoms with Crippen LogP contribution in [0.1, 0.15) is 18.9 Å². The molecule has 1 amide bonds. The minimum atomic E-state index is -0.127. The SMILES string of the molecule is CCn1c(=O)n(CCC(=O)NCc2ccc(OC)cc2OC)c2ccccc21. The molecular formula is C21H25N3O4. The van der Waals surface area contributed by atoms with Crippen LogP contribution in [0.2, 0.25) is 0 Å². The average Bonchev–Trinajstić information content (AvgIpc) is 3.00. The summed E-state index contributed by atoms with van der Waals surface area (Å²) >= 11 is 0. The zero-order valence-corrected chi connectivity index (χ0v) is 16.4. The minimum Gasteiger partial charge on any atom is -0.497 e. The zero-order valence-electron chi connectivity index (χ0n) is 16.4. The Morgan fingerprint density at radius 3 is 2.39 bits per heavy atom. The maximum Gasteiger partial charge on any atom is 0.329 e. The number of hydrogen-bond acceptors (Lipinski definition) is 4. The van der Waals surface area contributed by atoms with E-state index in [9.17, 15) is 9.59 Å². The van der Waals surface area contributed by atoms with E-state index in [-0.39, 0.29) is 18.0 Å². The van der Waals surface area contributed by atoms with Gasteiger partial charge in [-0.25, -0.2) is 4.79 Å². The fraction of sp³-hybridized carbons (Fsp3) is 0.333. The van der Waals surface area contributed by atoms with Gasteiger partial charge in [0.05, 0.1) is 25.3 Å². The van der Waals surface area contributed by atoms with Crippen molar-refractivity contribution in [2.75, 3.05) is 14.2 Å². The van der Waals surface area contributed by atoms with Crippen molar-refractivity contribution in [2.45, 2.75) is 33.0 Å². The first-order valence-electron chi connectivity index (χ1n) is 9.24. The molecule has 0 saturated carbocycles. The van der Waals surface area contributed by atoms with Gasteiger partial charge in [0, 0.05) is 37.7 Å². The van der Waals surface area contributed by atoms with E-state index in [1.54, 1.807) is 29.4 Å². The predicted molar refractivity (Wildman–Crippen MR) is 108 cm³/mol. The molecule has 3 rings (SSSR count). The first kappa shape index (κ1) is 19.5. The second kappa shape index (κ2) is 8.65. The smallest absolute Gasteiger partial charge is 0.329 e. The van der Waals surface area contributed by atoms with Gasteiger partial charge in [-0.1, -0.05) is 12.1 Å². The van der Waals surface area contributed by atoms with Crippen LogP contribution in [0.3, 0.4) is 0 Å². The molecule has 148 valence electrons. The van der Waals surface area contributed by atoms with Gasteiger partial charge in [0.2, 0.25) is 5.91 Å². The molecule has 1 N–H and O–H groups in total. The molecule has 1 aromatic heterocycles. The summed E-state index contributed by atoms with van der Waals surface area (Å²) in [5.74, 6) is 1.22. The van der Waals surface area contributed by atoms with Crippen molar-refractivity contribution < 1.29 is 14.3 Å². The van der Waals surface area contributed by atoms with E-state index in [0.29, 0.717) is 31.1 Å². The maximum atomic E-state index is 12.6. The van der Waals surface area contributed by atoms with E-state index in [4.69, 9.17) is 9.47 Å².